The Morgan fingerprint density at radius 2 is 1.73 bits per heavy atom. The zero-order chi connectivity index (χ0) is 15.9. The van der Waals surface area contributed by atoms with Gasteiger partial charge >= 0.3 is 0 Å². The van der Waals surface area contributed by atoms with Gasteiger partial charge in [-0.05, 0) is 29.3 Å². The van der Waals surface area contributed by atoms with Gasteiger partial charge in [0.1, 0.15) is 11.5 Å². The summed E-state index contributed by atoms with van der Waals surface area (Å²) >= 11 is 0. The second kappa shape index (κ2) is 4.91. The Labute approximate surface area is 124 Å². The summed E-state index contributed by atoms with van der Waals surface area (Å²) in [6.45, 7) is -0.0499. The molecule has 0 fully saturated rings. The highest BCUT2D eigenvalue weighted by Gasteiger charge is 2.34. The van der Waals surface area contributed by atoms with Gasteiger partial charge in [-0.2, -0.15) is 0 Å². The topological polar surface area (TPSA) is 123 Å². The molecule has 0 amide bonds. The standard InChI is InChI=1S/C15H9N3O4/c16-18-17-6-7-4-9-13(11(20)5-7)15(22)12-8(14(9)21)2-1-3-10(12)19/h1-5,19-20H,6H2. The summed E-state index contributed by atoms with van der Waals surface area (Å²) in [6, 6.07) is 6.89. The Kier molecular flexibility index (Phi) is 3.05. The molecule has 22 heavy (non-hydrogen) atoms. The van der Waals surface area contributed by atoms with Crippen molar-refractivity contribution < 1.29 is 19.8 Å². The van der Waals surface area contributed by atoms with Gasteiger partial charge in [-0.1, -0.05) is 17.2 Å². The van der Waals surface area contributed by atoms with Crippen LogP contribution in [0.15, 0.2) is 35.4 Å². The highest BCUT2D eigenvalue weighted by atomic mass is 16.3. The summed E-state index contributed by atoms with van der Waals surface area (Å²) in [5.41, 5.74) is 8.61. The van der Waals surface area contributed by atoms with Gasteiger partial charge in [0.15, 0.2) is 5.78 Å². The molecule has 1 aliphatic carbocycles. The minimum Gasteiger partial charge on any atom is -0.507 e. The van der Waals surface area contributed by atoms with E-state index in [0.29, 0.717) is 5.56 Å². The number of phenols is 2. The van der Waals surface area contributed by atoms with Gasteiger partial charge in [0, 0.05) is 16.0 Å². The molecule has 2 aromatic carbocycles. The third kappa shape index (κ3) is 1.88. The molecule has 0 atom stereocenters. The lowest BCUT2D eigenvalue weighted by Crippen LogP contribution is -2.21. The minimum atomic E-state index is -0.615. The number of phenolic OH excluding ortho intramolecular Hbond substituents is 2. The van der Waals surface area contributed by atoms with Gasteiger partial charge < -0.3 is 10.2 Å². The number of benzene rings is 2. The number of aromatic hydroxyl groups is 2. The van der Waals surface area contributed by atoms with E-state index in [9.17, 15) is 19.8 Å². The number of hydrogen-bond donors (Lipinski definition) is 2. The molecule has 0 saturated heterocycles. The SMILES string of the molecule is [N-]=[N+]=NCc1cc(O)c2c(c1)C(=O)c1cccc(O)c1C2=O. The fourth-order valence-corrected chi connectivity index (χ4v) is 2.55. The van der Waals surface area contributed by atoms with E-state index in [-0.39, 0.29) is 40.3 Å². The fraction of sp³-hybridized carbons (Fsp3) is 0.0667. The Hall–Kier alpha value is -3.31. The van der Waals surface area contributed by atoms with Gasteiger partial charge in [0.2, 0.25) is 5.78 Å². The molecular formula is C15H9N3O4. The Bertz CT molecular complexity index is 883. The predicted octanol–water partition coefficient (Wildman–Crippen LogP) is 2.68. The largest absolute Gasteiger partial charge is 0.507 e. The van der Waals surface area contributed by atoms with Gasteiger partial charge in [0.25, 0.3) is 0 Å². The summed E-state index contributed by atoms with van der Waals surface area (Å²) in [5, 5.41) is 23.2. The van der Waals surface area contributed by atoms with E-state index in [1.165, 1.54) is 30.3 Å². The number of ketones is 2. The molecule has 0 heterocycles. The van der Waals surface area contributed by atoms with Crippen LogP contribution in [0.25, 0.3) is 10.4 Å². The van der Waals surface area contributed by atoms with E-state index < -0.39 is 11.6 Å². The third-order valence-corrected chi connectivity index (χ3v) is 3.48. The molecule has 108 valence electrons. The maximum atomic E-state index is 12.5. The highest BCUT2D eigenvalue weighted by molar-refractivity contribution is 6.30. The molecule has 1 aliphatic rings. The predicted molar refractivity (Wildman–Crippen MR) is 75.9 cm³/mol. The van der Waals surface area contributed by atoms with Crippen LogP contribution in [0.1, 0.15) is 37.4 Å². The molecule has 0 unspecified atom stereocenters. The fourth-order valence-electron chi connectivity index (χ4n) is 2.55. The maximum Gasteiger partial charge on any atom is 0.201 e. The van der Waals surface area contributed by atoms with Crippen molar-refractivity contribution in [2.75, 3.05) is 0 Å². The van der Waals surface area contributed by atoms with E-state index in [1.807, 2.05) is 0 Å². The number of rotatable bonds is 2. The van der Waals surface area contributed by atoms with Crippen molar-refractivity contribution in [2.45, 2.75) is 6.54 Å². The van der Waals surface area contributed by atoms with Gasteiger partial charge in [-0.25, -0.2) is 0 Å². The van der Waals surface area contributed by atoms with Gasteiger partial charge in [-0.15, -0.1) is 0 Å². The lowest BCUT2D eigenvalue weighted by atomic mass is 9.82. The molecule has 2 aromatic rings. The van der Waals surface area contributed by atoms with Crippen molar-refractivity contribution in [3.63, 3.8) is 0 Å². The first kappa shape index (κ1) is 13.7. The summed E-state index contributed by atoms with van der Waals surface area (Å²) < 4.78 is 0. The molecule has 0 radical (unpaired) electrons. The van der Waals surface area contributed by atoms with Crippen LogP contribution in [-0.4, -0.2) is 21.8 Å². The molecule has 0 aliphatic heterocycles. The molecule has 7 heteroatoms. The van der Waals surface area contributed by atoms with Crippen molar-refractivity contribution in [3.8, 4) is 11.5 Å². The van der Waals surface area contributed by atoms with Crippen molar-refractivity contribution in [2.24, 2.45) is 5.11 Å². The Morgan fingerprint density at radius 1 is 1.00 bits per heavy atom. The average molecular weight is 295 g/mol. The zero-order valence-electron chi connectivity index (χ0n) is 11.1. The molecule has 0 saturated carbocycles. The average Bonchev–Trinajstić information content (AvgIpc) is 2.49. The van der Waals surface area contributed by atoms with E-state index >= 15 is 0 Å². The number of azide groups is 1. The van der Waals surface area contributed by atoms with Crippen molar-refractivity contribution in [1.82, 2.24) is 0 Å². The van der Waals surface area contributed by atoms with E-state index in [0.717, 1.165) is 0 Å². The van der Waals surface area contributed by atoms with Gasteiger partial charge in [-0.3, -0.25) is 9.59 Å². The number of carbonyl (C=O) groups is 2. The van der Waals surface area contributed by atoms with E-state index in [4.69, 9.17) is 5.53 Å². The third-order valence-electron chi connectivity index (χ3n) is 3.48. The maximum absolute atomic E-state index is 12.5. The summed E-state index contributed by atoms with van der Waals surface area (Å²) in [7, 11) is 0. The van der Waals surface area contributed by atoms with Crippen molar-refractivity contribution >= 4 is 11.6 Å². The second-order valence-corrected chi connectivity index (χ2v) is 4.78. The first-order valence-corrected chi connectivity index (χ1v) is 6.32. The number of fused-ring (bicyclic) bond motifs is 2. The molecule has 7 nitrogen and oxygen atoms in total. The molecule has 2 N–H and O–H groups in total. The Morgan fingerprint density at radius 3 is 2.45 bits per heavy atom. The Balaban J connectivity index is 2.25. The van der Waals surface area contributed by atoms with Crippen LogP contribution in [0.5, 0.6) is 11.5 Å². The summed E-state index contributed by atoms with van der Waals surface area (Å²) in [6.07, 6.45) is 0. The smallest absolute Gasteiger partial charge is 0.201 e. The molecular weight excluding hydrogens is 286 g/mol. The van der Waals surface area contributed by atoms with Crippen LogP contribution in [0.3, 0.4) is 0 Å². The van der Waals surface area contributed by atoms with Crippen molar-refractivity contribution in [3.05, 3.63) is 68.6 Å². The molecule has 0 spiro atoms. The lowest BCUT2D eigenvalue weighted by molar-refractivity contribution is 0.0974. The van der Waals surface area contributed by atoms with Gasteiger partial charge in [0.05, 0.1) is 17.7 Å². The van der Waals surface area contributed by atoms with Crippen molar-refractivity contribution in [1.29, 1.82) is 0 Å². The van der Waals surface area contributed by atoms with Crippen LogP contribution in [0, 0.1) is 0 Å². The first-order chi connectivity index (χ1) is 10.5. The highest BCUT2D eigenvalue weighted by Crippen LogP contribution is 2.37. The van der Waals surface area contributed by atoms with E-state index in [2.05, 4.69) is 10.0 Å². The lowest BCUT2D eigenvalue weighted by Gasteiger charge is -2.19. The summed E-state index contributed by atoms with van der Waals surface area (Å²) in [4.78, 5) is 27.6. The van der Waals surface area contributed by atoms with Crippen LogP contribution >= 0.6 is 0 Å². The quantitative estimate of drug-likeness (QED) is 0.428. The zero-order valence-corrected chi connectivity index (χ0v) is 11.1. The van der Waals surface area contributed by atoms with Crippen LogP contribution < -0.4 is 0 Å². The van der Waals surface area contributed by atoms with Crippen LogP contribution in [-0.2, 0) is 6.54 Å². The van der Waals surface area contributed by atoms with E-state index in [1.54, 1.807) is 0 Å². The normalized spacial score (nSPS) is 12.4. The number of hydrogen-bond acceptors (Lipinski definition) is 5. The second-order valence-electron chi connectivity index (χ2n) is 4.78. The molecule has 0 bridgehead atoms. The number of carbonyl (C=O) groups excluding carboxylic acids is 2. The monoisotopic (exact) mass is 295 g/mol. The molecule has 0 aromatic heterocycles. The number of nitrogens with zero attached hydrogens (tertiary/aromatic N) is 3. The first-order valence-electron chi connectivity index (χ1n) is 6.32. The molecule has 3 rings (SSSR count). The van der Waals surface area contributed by atoms with Crippen LogP contribution in [0.4, 0.5) is 0 Å². The minimum absolute atomic E-state index is 0.0336. The summed E-state index contributed by atoms with van der Waals surface area (Å²) in [5.74, 6) is -1.78. The van der Waals surface area contributed by atoms with Crippen LogP contribution in [0.2, 0.25) is 0 Å².